The van der Waals surface area contributed by atoms with Crippen LogP contribution in [0, 0.1) is 5.92 Å². The van der Waals surface area contributed by atoms with Crippen molar-refractivity contribution in [3.63, 3.8) is 0 Å². The summed E-state index contributed by atoms with van der Waals surface area (Å²) in [4.78, 5) is 27.3. The molecular formula is C22H24F9N3O4. The lowest BCUT2D eigenvalue weighted by Crippen LogP contribution is -2.52. The molecule has 1 unspecified atom stereocenters. The van der Waals surface area contributed by atoms with Crippen LogP contribution in [0.3, 0.4) is 0 Å². The molecule has 7 nitrogen and oxygen atoms in total. The van der Waals surface area contributed by atoms with Crippen LogP contribution in [0.25, 0.3) is 0 Å². The normalized spacial score (nSPS) is 20.1. The second-order valence-electron chi connectivity index (χ2n) is 9.07. The van der Waals surface area contributed by atoms with Gasteiger partial charge >= 0.3 is 30.6 Å². The molecule has 3 rings (SSSR count). The van der Waals surface area contributed by atoms with Gasteiger partial charge in [0.25, 0.3) is 6.10 Å². The van der Waals surface area contributed by atoms with Gasteiger partial charge < -0.3 is 19.6 Å². The van der Waals surface area contributed by atoms with Crippen LogP contribution in [-0.4, -0.2) is 84.7 Å². The van der Waals surface area contributed by atoms with E-state index in [0.717, 1.165) is 12.1 Å². The van der Waals surface area contributed by atoms with Gasteiger partial charge in [-0.2, -0.15) is 39.5 Å². The molecule has 2 fully saturated rings. The standard InChI is InChI=1S/C22H24F9N3O4/c23-20(24,25)15-4-3-13(16(10-15)34-5-1-2-14(12-34)17(35)36)11-32-6-8-33(9-7-32)19(37)38-18(21(26,27)28)22(29,30)31/h3-4,10,14,18H,1-2,5-9,11-12H2,(H,35,36). The van der Waals surface area contributed by atoms with Crippen molar-refractivity contribution in [3.8, 4) is 0 Å². The lowest BCUT2D eigenvalue weighted by Gasteiger charge is -2.37. The molecule has 1 aromatic carbocycles. The van der Waals surface area contributed by atoms with Gasteiger partial charge in [-0.3, -0.25) is 9.69 Å². The zero-order valence-corrected chi connectivity index (χ0v) is 19.7. The predicted molar refractivity (Wildman–Crippen MR) is 113 cm³/mol. The first-order valence-corrected chi connectivity index (χ1v) is 11.5. The summed E-state index contributed by atoms with van der Waals surface area (Å²) in [5.41, 5.74) is -0.315. The summed E-state index contributed by atoms with van der Waals surface area (Å²) in [5, 5.41) is 9.35. The van der Waals surface area contributed by atoms with Crippen LogP contribution < -0.4 is 4.90 Å². The van der Waals surface area contributed by atoms with Crippen molar-refractivity contribution in [2.24, 2.45) is 5.92 Å². The second-order valence-corrected chi connectivity index (χ2v) is 9.07. The first-order valence-electron chi connectivity index (χ1n) is 11.5. The highest BCUT2D eigenvalue weighted by Gasteiger charge is 2.60. The highest BCUT2D eigenvalue weighted by atomic mass is 19.4. The Hall–Kier alpha value is -2.91. The number of piperidine rings is 1. The van der Waals surface area contributed by atoms with Crippen molar-refractivity contribution < 1.29 is 58.9 Å². The Morgan fingerprint density at radius 2 is 1.55 bits per heavy atom. The first kappa shape index (κ1) is 29.6. The van der Waals surface area contributed by atoms with Crippen molar-refractivity contribution in [1.82, 2.24) is 9.80 Å². The quantitative estimate of drug-likeness (QED) is 0.520. The average Bonchev–Trinajstić information content (AvgIpc) is 2.81. The first-order chi connectivity index (χ1) is 17.5. The zero-order chi connectivity index (χ0) is 28.5. The molecule has 0 aromatic heterocycles. The minimum atomic E-state index is -5.84. The molecule has 0 saturated carbocycles. The molecule has 2 aliphatic heterocycles. The summed E-state index contributed by atoms with van der Waals surface area (Å²) in [6, 6.07) is 3.06. The third kappa shape index (κ3) is 7.35. The van der Waals surface area contributed by atoms with Crippen molar-refractivity contribution in [2.75, 3.05) is 44.2 Å². The molecule has 0 bridgehead atoms. The van der Waals surface area contributed by atoms with Crippen molar-refractivity contribution >= 4 is 17.7 Å². The highest BCUT2D eigenvalue weighted by Crippen LogP contribution is 2.37. The van der Waals surface area contributed by atoms with Gasteiger partial charge in [-0.1, -0.05) is 6.07 Å². The lowest BCUT2D eigenvalue weighted by atomic mass is 9.96. The number of rotatable bonds is 5. The van der Waals surface area contributed by atoms with Gasteiger partial charge in [0.2, 0.25) is 0 Å². The predicted octanol–water partition coefficient (Wildman–Crippen LogP) is 4.75. The Balaban J connectivity index is 1.70. The van der Waals surface area contributed by atoms with E-state index in [0.29, 0.717) is 29.8 Å². The Bertz CT molecular complexity index is 991. The van der Waals surface area contributed by atoms with Crippen LogP contribution in [0.15, 0.2) is 18.2 Å². The Labute approximate surface area is 210 Å². The van der Waals surface area contributed by atoms with Gasteiger partial charge in [0.05, 0.1) is 11.5 Å². The molecule has 2 heterocycles. The van der Waals surface area contributed by atoms with E-state index in [-0.39, 0.29) is 45.0 Å². The van der Waals surface area contributed by atoms with Crippen molar-refractivity contribution in [1.29, 1.82) is 0 Å². The number of ether oxygens (including phenoxy) is 1. The Kier molecular flexibility index (Phi) is 8.63. The molecule has 0 aliphatic carbocycles. The summed E-state index contributed by atoms with van der Waals surface area (Å²) in [7, 11) is 0. The van der Waals surface area contributed by atoms with Crippen LogP contribution in [0.1, 0.15) is 24.0 Å². The maximum atomic E-state index is 13.4. The van der Waals surface area contributed by atoms with Crippen molar-refractivity contribution in [3.05, 3.63) is 29.3 Å². The number of carboxylic acid groups (broad SMARTS) is 1. The van der Waals surface area contributed by atoms with E-state index in [4.69, 9.17) is 0 Å². The number of alkyl halides is 9. The topological polar surface area (TPSA) is 73.3 Å². The third-order valence-corrected chi connectivity index (χ3v) is 6.36. The minimum Gasteiger partial charge on any atom is -0.481 e. The maximum absolute atomic E-state index is 13.4. The minimum absolute atomic E-state index is 0.00282. The summed E-state index contributed by atoms with van der Waals surface area (Å²) >= 11 is 0. The fourth-order valence-electron chi connectivity index (χ4n) is 4.39. The molecule has 0 radical (unpaired) electrons. The molecule has 214 valence electrons. The van der Waals surface area contributed by atoms with Crippen molar-refractivity contribution in [2.45, 2.75) is 44.0 Å². The fourth-order valence-corrected chi connectivity index (χ4v) is 4.39. The lowest BCUT2D eigenvalue weighted by molar-refractivity contribution is -0.308. The van der Waals surface area contributed by atoms with Crippen LogP contribution >= 0.6 is 0 Å². The summed E-state index contributed by atoms with van der Waals surface area (Å²) in [6.07, 6.45) is -21.6. The molecule has 0 spiro atoms. The van der Waals surface area contributed by atoms with E-state index in [1.54, 1.807) is 9.80 Å². The number of benzene rings is 1. The number of halogens is 9. The maximum Gasteiger partial charge on any atom is 0.434 e. The van der Waals surface area contributed by atoms with Crippen LogP contribution in [-0.2, 0) is 22.3 Å². The number of anilines is 1. The van der Waals surface area contributed by atoms with Gasteiger partial charge in [0.1, 0.15) is 0 Å². The van der Waals surface area contributed by atoms with E-state index >= 15 is 0 Å². The number of carbonyl (C=O) groups excluding carboxylic acids is 1. The number of hydrogen-bond acceptors (Lipinski definition) is 5. The molecule has 16 heteroatoms. The number of carbonyl (C=O) groups is 2. The van der Waals surface area contributed by atoms with Gasteiger partial charge in [-0.05, 0) is 30.5 Å². The molecule has 1 aromatic rings. The van der Waals surface area contributed by atoms with Gasteiger partial charge in [0, 0.05) is 51.5 Å². The van der Waals surface area contributed by atoms with Gasteiger partial charge in [0.15, 0.2) is 0 Å². The Morgan fingerprint density at radius 3 is 2.08 bits per heavy atom. The van der Waals surface area contributed by atoms with Gasteiger partial charge in [-0.25, -0.2) is 4.79 Å². The number of nitrogens with zero attached hydrogens (tertiary/aromatic N) is 3. The van der Waals surface area contributed by atoms with E-state index in [1.807, 2.05) is 0 Å². The second kappa shape index (κ2) is 11.1. The number of hydrogen-bond donors (Lipinski definition) is 1. The van der Waals surface area contributed by atoms with Gasteiger partial charge in [-0.15, -0.1) is 0 Å². The van der Waals surface area contributed by atoms with E-state index in [9.17, 15) is 54.2 Å². The number of piperazine rings is 1. The van der Waals surface area contributed by atoms with E-state index < -0.39 is 48.2 Å². The fraction of sp³-hybridized carbons (Fsp3) is 0.636. The number of aliphatic carboxylic acids is 1. The van der Waals surface area contributed by atoms with Crippen LogP contribution in [0.5, 0.6) is 0 Å². The number of amides is 1. The average molecular weight is 565 g/mol. The smallest absolute Gasteiger partial charge is 0.434 e. The number of carboxylic acids is 1. The Morgan fingerprint density at radius 1 is 0.947 bits per heavy atom. The molecule has 1 atom stereocenters. The molecule has 2 aliphatic rings. The molecule has 1 N–H and O–H groups in total. The van der Waals surface area contributed by atoms with E-state index in [2.05, 4.69) is 4.74 Å². The molecule has 1 amide bonds. The highest BCUT2D eigenvalue weighted by molar-refractivity contribution is 5.72. The molecule has 38 heavy (non-hydrogen) atoms. The molecule has 2 saturated heterocycles. The monoisotopic (exact) mass is 565 g/mol. The van der Waals surface area contributed by atoms with E-state index in [1.165, 1.54) is 6.07 Å². The third-order valence-electron chi connectivity index (χ3n) is 6.36. The SMILES string of the molecule is O=C(O)C1CCCN(c2cc(C(F)(F)F)ccc2CN2CCN(C(=O)OC(C(F)(F)F)C(F)(F)F)CC2)C1. The summed E-state index contributed by atoms with van der Waals surface area (Å²) in [5.74, 6) is -1.83. The molecular weight excluding hydrogens is 541 g/mol. The van der Waals surface area contributed by atoms with Crippen LogP contribution in [0.2, 0.25) is 0 Å². The zero-order valence-electron chi connectivity index (χ0n) is 19.7. The largest absolute Gasteiger partial charge is 0.481 e. The summed E-state index contributed by atoms with van der Waals surface area (Å²) < 4.78 is 120. The van der Waals surface area contributed by atoms with Crippen LogP contribution in [0.4, 0.5) is 50.0 Å². The summed E-state index contributed by atoms with van der Waals surface area (Å²) in [6.45, 7) is -0.172.